The van der Waals surface area contributed by atoms with Crippen molar-refractivity contribution < 1.29 is 4.79 Å². The monoisotopic (exact) mass is 371 g/mol. The van der Waals surface area contributed by atoms with Crippen LogP contribution in [-0.2, 0) is 11.2 Å². The van der Waals surface area contributed by atoms with Gasteiger partial charge in [-0.05, 0) is 67.7 Å². The van der Waals surface area contributed by atoms with Crippen molar-refractivity contribution in [2.75, 3.05) is 19.6 Å². The van der Waals surface area contributed by atoms with E-state index in [0.29, 0.717) is 13.0 Å². The van der Waals surface area contributed by atoms with Crippen molar-refractivity contribution in [3.63, 3.8) is 0 Å². The van der Waals surface area contributed by atoms with Gasteiger partial charge in [0.05, 0.1) is 6.04 Å². The van der Waals surface area contributed by atoms with E-state index in [0.717, 1.165) is 30.1 Å². The first-order chi connectivity index (χ1) is 12.7. The molecule has 4 nitrogen and oxygen atoms in total. The fourth-order valence-corrected chi connectivity index (χ4v) is 3.60. The molecule has 1 fully saturated rings. The van der Waals surface area contributed by atoms with Crippen molar-refractivity contribution in [2.24, 2.45) is 0 Å². The molecule has 3 rings (SSSR count). The molecule has 1 aromatic heterocycles. The number of halogens is 1. The van der Waals surface area contributed by atoms with E-state index in [1.54, 1.807) is 12.4 Å². The van der Waals surface area contributed by atoms with Gasteiger partial charge in [-0.25, -0.2) is 0 Å². The van der Waals surface area contributed by atoms with Crippen LogP contribution in [0.15, 0.2) is 48.8 Å². The molecule has 26 heavy (non-hydrogen) atoms. The topological polar surface area (TPSA) is 45.2 Å². The van der Waals surface area contributed by atoms with Crippen LogP contribution in [0.2, 0.25) is 5.02 Å². The van der Waals surface area contributed by atoms with Crippen LogP contribution in [0.4, 0.5) is 0 Å². The van der Waals surface area contributed by atoms with Gasteiger partial charge in [0, 0.05) is 30.4 Å². The predicted molar refractivity (Wildman–Crippen MR) is 105 cm³/mol. The van der Waals surface area contributed by atoms with E-state index in [9.17, 15) is 4.79 Å². The molecule has 2 heterocycles. The zero-order valence-electron chi connectivity index (χ0n) is 15.0. The second kappa shape index (κ2) is 9.70. The number of benzene rings is 1. The number of piperidine rings is 1. The van der Waals surface area contributed by atoms with Crippen LogP contribution in [0.25, 0.3) is 0 Å². The molecule has 1 saturated heterocycles. The number of carbonyl (C=O) groups excluding carboxylic acids is 1. The van der Waals surface area contributed by atoms with E-state index in [1.165, 1.54) is 24.8 Å². The van der Waals surface area contributed by atoms with Gasteiger partial charge in [-0.3, -0.25) is 14.7 Å². The Morgan fingerprint density at radius 3 is 2.46 bits per heavy atom. The molecule has 1 amide bonds. The zero-order valence-corrected chi connectivity index (χ0v) is 15.8. The molecule has 0 aliphatic carbocycles. The summed E-state index contributed by atoms with van der Waals surface area (Å²) in [5, 5.41) is 3.88. The van der Waals surface area contributed by atoms with Crippen molar-refractivity contribution in [1.82, 2.24) is 15.2 Å². The maximum absolute atomic E-state index is 12.3. The lowest BCUT2D eigenvalue weighted by molar-refractivity contribution is -0.121. The van der Waals surface area contributed by atoms with Crippen molar-refractivity contribution in [1.29, 1.82) is 0 Å². The minimum Gasteiger partial charge on any atom is -0.354 e. The number of amides is 1. The Bertz CT molecular complexity index is 684. The molecule has 5 heteroatoms. The van der Waals surface area contributed by atoms with Crippen molar-refractivity contribution in [2.45, 2.75) is 38.1 Å². The van der Waals surface area contributed by atoms with E-state index in [4.69, 9.17) is 11.6 Å². The Hall–Kier alpha value is -1.91. The number of pyridine rings is 1. The fraction of sp³-hybridized carbons (Fsp3) is 0.429. The third-order valence-corrected chi connectivity index (χ3v) is 5.22. The van der Waals surface area contributed by atoms with Crippen LogP contribution in [-0.4, -0.2) is 35.4 Å². The van der Waals surface area contributed by atoms with E-state index >= 15 is 0 Å². The summed E-state index contributed by atoms with van der Waals surface area (Å²) >= 11 is 6.04. The van der Waals surface area contributed by atoms with Crippen molar-refractivity contribution in [3.05, 3.63) is 64.9 Å². The Labute approximate surface area is 160 Å². The largest absolute Gasteiger partial charge is 0.354 e. The van der Waals surface area contributed by atoms with Gasteiger partial charge in [-0.15, -0.1) is 0 Å². The average molecular weight is 372 g/mol. The highest BCUT2D eigenvalue weighted by atomic mass is 35.5. The minimum absolute atomic E-state index is 0.0952. The Kier molecular flexibility index (Phi) is 7.04. The van der Waals surface area contributed by atoms with Crippen LogP contribution in [0, 0.1) is 0 Å². The van der Waals surface area contributed by atoms with E-state index in [2.05, 4.69) is 27.3 Å². The molecule has 1 aliphatic heterocycles. The molecule has 0 radical (unpaired) electrons. The number of carbonyl (C=O) groups is 1. The number of nitrogens with zero attached hydrogens (tertiary/aromatic N) is 2. The average Bonchev–Trinajstić information content (AvgIpc) is 2.69. The van der Waals surface area contributed by atoms with Gasteiger partial charge < -0.3 is 5.32 Å². The Balaban J connectivity index is 1.58. The molecule has 0 spiro atoms. The standard InChI is InChI=1S/C21H26ClN3O/c22-19-7-5-18(6-8-19)20(25-14-2-1-3-15-25)16-24-21(26)9-4-17-10-12-23-13-11-17/h5-8,10-13,20H,1-4,9,14-16H2,(H,24,26). The smallest absolute Gasteiger partial charge is 0.220 e. The van der Waals surface area contributed by atoms with Crippen LogP contribution in [0.5, 0.6) is 0 Å². The summed E-state index contributed by atoms with van der Waals surface area (Å²) < 4.78 is 0. The molecular weight excluding hydrogens is 346 g/mol. The molecule has 1 aromatic carbocycles. The molecule has 2 aromatic rings. The quantitative estimate of drug-likeness (QED) is 0.799. The summed E-state index contributed by atoms with van der Waals surface area (Å²) in [5.74, 6) is 0.0952. The first kappa shape index (κ1) is 18.9. The molecule has 1 unspecified atom stereocenters. The van der Waals surface area contributed by atoms with E-state index in [-0.39, 0.29) is 11.9 Å². The first-order valence-electron chi connectivity index (χ1n) is 9.37. The minimum atomic E-state index is 0.0952. The number of aromatic nitrogens is 1. The van der Waals surface area contributed by atoms with Gasteiger partial charge in [0.25, 0.3) is 0 Å². The van der Waals surface area contributed by atoms with Gasteiger partial charge >= 0.3 is 0 Å². The molecule has 1 aliphatic rings. The third kappa shape index (κ3) is 5.55. The lowest BCUT2D eigenvalue weighted by Crippen LogP contribution is -2.40. The molecule has 1 N–H and O–H groups in total. The molecule has 138 valence electrons. The third-order valence-electron chi connectivity index (χ3n) is 4.97. The summed E-state index contributed by atoms with van der Waals surface area (Å²) in [4.78, 5) is 18.8. The number of nitrogens with one attached hydrogen (secondary N) is 1. The van der Waals surface area contributed by atoms with E-state index < -0.39 is 0 Å². The highest BCUT2D eigenvalue weighted by Gasteiger charge is 2.22. The van der Waals surface area contributed by atoms with Gasteiger partial charge in [0.15, 0.2) is 0 Å². The normalized spacial score (nSPS) is 16.2. The second-order valence-electron chi connectivity index (χ2n) is 6.82. The van der Waals surface area contributed by atoms with Gasteiger partial charge in [-0.2, -0.15) is 0 Å². The summed E-state index contributed by atoms with van der Waals surface area (Å²) in [6.45, 7) is 2.80. The summed E-state index contributed by atoms with van der Waals surface area (Å²) in [7, 11) is 0. The summed E-state index contributed by atoms with van der Waals surface area (Å²) in [5.41, 5.74) is 2.35. The molecule has 0 saturated carbocycles. The molecule has 0 bridgehead atoms. The van der Waals surface area contributed by atoms with E-state index in [1.807, 2.05) is 24.3 Å². The zero-order chi connectivity index (χ0) is 18.2. The maximum Gasteiger partial charge on any atom is 0.220 e. The molecular formula is C21H26ClN3O. The second-order valence-corrected chi connectivity index (χ2v) is 7.26. The highest BCUT2D eigenvalue weighted by Crippen LogP contribution is 2.25. The van der Waals surface area contributed by atoms with Gasteiger partial charge in [0.2, 0.25) is 5.91 Å². The van der Waals surface area contributed by atoms with Gasteiger partial charge in [-0.1, -0.05) is 30.2 Å². The van der Waals surface area contributed by atoms with Crippen LogP contribution < -0.4 is 5.32 Å². The summed E-state index contributed by atoms with van der Waals surface area (Å²) in [6, 6.07) is 12.1. The predicted octanol–water partition coefficient (Wildman–Crippen LogP) is 4.01. The van der Waals surface area contributed by atoms with Crippen molar-refractivity contribution in [3.8, 4) is 0 Å². The lowest BCUT2D eigenvalue weighted by Gasteiger charge is -2.35. The maximum atomic E-state index is 12.3. The fourth-order valence-electron chi connectivity index (χ4n) is 3.48. The Morgan fingerprint density at radius 2 is 1.77 bits per heavy atom. The number of likely N-dealkylation sites (tertiary alicyclic amines) is 1. The van der Waals surface area contributed by atoms with Crippen molar-refractivity contribution >= 4 is 17.5 Å². The van der Waals surface area contributed by atoms with Crippen LogP contribution in [0.3, 0.4) is 0 Å². The number of aryl methyl sites for hydroxylation is 1. The SMILES string of the molecule is O=C(CCc1ccncc1)NCC(c1ccc(Cl)cc1)N1CCCCC1. The Morgan fingerprint density at radius 1 is 1.08 bits per heavy atom. The van der Waals surface area contributed by atoms with Crippen LogP contribution in [0.1, 0.15) is 42.9 Å². The number of hydrogen-bond donors (Lipinski definition) is 1. The number of hydrogen-bond acceptors (Lipinski definition) is 3. The highest BCUT2D eigenvalue weighted by molar-refractivity contribution is 6.30. The van der Waals surface area contributed by atoms with Crippen LogP contribution >= 0.6 is 11.6 Å². The summed E-state index contributed by atoms with van der Waals surface area (Å²) in [6.07, 6.45) is 8.50. The van der Waals surface area contributed by atoms with Gasteiger partial charge in [0.1, 0.15) is 0 Å². The lowest BCUT2D eigenvalue weighted by atomic mass is 10.0. The molecule has 1 atom stereocenters. The number of rotatable bonds is 7. The first-order valence-corrected chi connectivity index (χ1v) is 9.75.